The Bertz CT molecular complexity index is 663. The van der Waals surface area contributed by atoms with Gasteiger partial charge in [-0.05, 0) is 55.7 Å². The van der Waals surface area contributed by atoms with E-state index in [-0.39, 0.29) is 11.8 Å². The van der Waals surface area contributed by atoms with Gasteiger partial charge in [0.2, 0.25) is 5.91 Å². The minimum Gasteiger partial charge on any atom is -0.493 e. The van der Waals surface area contributed by atoms with Gasteiger partial charge in [-0.1, -0.05) is 12.5 Å². The third-order valence-corrected chi connectivity index (χ3v) is 5.26. The summed E-state index contributed by atoms with van der Waals surface area (Å²) in [5.74, 6) is 1.44. The van der Waals surface area contributed by atoms with Crippen LogP contribution in [0.15, 0.2) is 18.2 Å². The van der Waals surface area contributed by atoms with Gasteiger partial charge in [-0.25, -0.2) is 0 Å². The van der Waals surface area contributed by atoms with E-state index in [0.717, 1.165) is 24.8 Å². The lowest BCUT2D eigenvalue weighted by molar-refractivity contribution is -0.123. The Morgan fingerprint density at radius 1 is 1.38 bits per heavy atom. The van der Waals surface area contributed by atoms with Gasteiger partial charge in [0.05, 0.1) is 25.2 Å². The number of ether oxygens (including phenoxy) is 2. The van der Waals surface area contributed by atoms with Crippen LogP contribution in [-0.4, -0.2) is 19.6 Å². The van der Waals surface area contributed by atoms with Gasteiger partial charge in [-0.2, -0.15) is 5.26 Å². The van der Waals surface area contributed by atoms with Crippen LogP contribution in [-0.2, 0) is 10.2 Å². The van der Waals surface area contributed by atoms with E-state index in [2.05, 4.69) is 6.07 Å². The van der Waals surface area contributed by atoms with E-state index in [9.17, 15) is 10.1 Å². The zero-order valence-electron chi connectivity index (χ0n) is 14.1. The number of carbonyl (C=O) groups excluding carboxylic acids is 1. The summed E-state index contributed by atoms with van der Waals surface area (Å²) in [5.41, 5.74) is 5.70. The summed E-state index contributed by atoms with van der Waals surface area (Å²) in [5, 5.41) is 9.87. The van der Waals surface area contributed by atoms with Crippen molar-refractivity contribution in [2.24, 2.45) is 17.6 Å². The van der Waals surface area contributed by atoms with Gasteiger partial charge in [0, 0.05) is 5.92 Å². The standard InChI is InChI=1S/C19H24N2O3/c1-23-16-7-6-15(9-17(16)24-11-13-4-5-13)19(12-20)8-2-3-14(10-19)18(21)22/h6-7,9,13-14H,2-5,8,10-11H2,1H3,(H2,21,22). The van der Waals surface area contributed by atoms with Crippen LogP contribution in [0.3, 0.4) is 0 Å². The Labute approximate surface area is 142 Å². The average Bonchev–Trinajstić information content (AvgIpc) is 3.44. The quantitative estimate of drug-likeness (QED) is 0.870. The molecule has 1 amide bonds. The zero-order valence-corrected chi connectivity index (χ0v) is 14.1. The first kappa shape index (κ1) is 16.6. The summed E-state index contributed by atoms with van der Waals surface area (Å²) >= 11 is 0. The van der Waals surface area contributed by atoms with Crippen molar-refractivity contribution >= 4 is 5.91 Å². The topological polar surface area (TPSA) is 85.3 Å². The summed E-state index contributed by atoms with van der Waals surface area (Å²) in [6.45, 7) is 0.684. The van der Waals surface area contributed by atoms with Crippen LogP contribution < -0.4 is 15.2 Å². The normalized spacial score (nSPS) is 26.4. The molecule has 0 bridgehead atoms. The Morgan fingerprint density at radius 2 is 2.17 bits per heavy atom. The van der Waals surface area contributed by atoms with Crippen LogP contribution in [0.4, 0.5) is 0 Å². The average molecular weight is 328 g/mol. The smallest absolute Gasteiger partial charge is 0.220 e. The summed E-state index contributed by atoms with van der Waals surface area (Å²) in [4.78, 5) is 11.6. The molecule has 0 spiro atoms. The second-order valence-electron chi connectivity index (χ2n) is 7.01. The van der Waals surface area contributed by atoms with Crippen LogP contribution in [0.2, 0.25) is 0 Å². The molecule has 2 N–H and O–H groups in total. The number of benzene rings is 1. The van der Waals surface area contributed by atoms with E-state index < -0.39 is 5.41 Å². The highest BCUT2D eigenvalue weighted by molar-refractivity contribution is 5.77. The molecule has 0 aromatic heterocycles. The molecule has 2 aliphatic carbocycles. The lowest BCUT2D eigenvalue weighted by atomic mass is 9.66. The van der Waals surface area contributed by atoms with E-state index >= 15 is 0 Å². The molecule has 1 aromatic rings. The largest absolute Gasteiger partial charge is 0.493 e. The molecule has 5 heteroatoms. The Balaban J connectivity index is 1.89. The number of carbonyl (C=O) groups is 1. The lowest BCUT2D eigenvalue weighted by Crippen LogP contribution is -2.37. The van der Waals surface area contributed by atoms with Gasteiger partial charge in [0.1, 0.15) is 0 Å². The molecular formula is C19H24N2O3. The van der Waals surface area contributed by atoms with Gasteiger partial charge in [0.15, 0.2) is 11.5 Å². The van der Waals surface area contributed by atoms with Gasteiger partial charge in [-0.3, -0.25) is 4.79 Å². The molecule has 2 saturated carbocycles. The predicted molar refractivity (Wildman–Crippen MR) is 89.7 cm³/mol. The molecule has 0 saturated heterocycles. The molecule has 0 heterocycles. The minimum absolute atomic E-state index is 0.240. The van der Waals surface area contributed by atoms with Gasteiger partial charge >= 0.3 is 0 Å². The second-order valence-corrected chi connectivity index (χ2v) is 7.01. The van der Waals surface area contributed by atoms with Crippen LogP contribution in [0.1, 0.15) is 44.1 Å². The minimum atomic E-state index is -0.679. The summed E-state index contributed by atoms with van der Waals surface area (Å²) in [7, 11) is 1.61. The molecule has 2 fully saturated rings. The highest BCUT2D eigenvalue weighted by atomic mass is 16.5. The van der Waals surface area contributed by atoms with E-state index in [4.69, 9.17) is 15.2 Å². The van der Waals surface area contributed by atoms with E-state index in [0.29, 0.717) is 30.4 Å². The highest BCUT2D eigenvalue weighted by Gasteiger charge is 2.40. The number of rotatable bonds is 6. The maximum atomic E-state index is 11.6. The van der Waals surface area contributed by atoms with Crippen molar-refractivity contribution in [3.8, 4) is 17.6 Å². The molecule has 0 radical (unpaired) electrons. The van der Waals surface area contributed by atoms with Crippen LogP contribution in [0.25, 0.3) is 0 Å². The SMILES string of the molecule is COc1ccc(C2(C#N)CCCC(C(N)=O)C2)cc1OCC1CC1. The first-order valence-electron chi connectivity index (χ1n) is 8.60. The summed E-state index contributed by atoms with van der Waals surface area (Å²) in [6.07, 6.45) is 5.23. The van der Waals surface area contributed by atoms with Gasteiger partial charge in [0.25, 0.3) is 0 Å². The number of nitrogens with two attached hydrogens (primary N) is 1. The van der Waals surface area contributed by atoms with Gasteiger partial charge < -0.3 is 15.2 Å². The summed E-state index contributed by atoms with van der Waals surface area (Å²) < 4.78 is 11.3. The number of nitrogens with zero attached hydrogens (tertiary/aromatic N) is 1. The van der Waals surface area contributed by atoms with Crippen molar-refractivity contribution < 1.29 is 14.3 Å². The number of hydrogen-bond acceptors (Lipinski definition) is 4. The third kappa shape index (κ3) is 3.33. The molecule has 2 aliphatic rings. The molecule has 24 heavy (non-hydrogen) atoms. The third-order valence-electron chi connectivity index (χ3n) is 5.26. The van der Waals surface area contributed by atoms with Crippen molar-refractivity contribution in [2.75, 3.05) is 13.7 Å². The first-order valence-corrected chi connectivity index (χ1v) is 8.60. The van der Waals surface area contributed by atoms with Crippen LogP contribution >= 0.6 is 0 Å². The first-order chi connectivity index (χ1) is 11.6. The fourth-order valence-corrected chi connectivity index (χ4v) is 3.53. The van der Waals surface area contributed by atoms with Gasteiger partial charge in [-0.15, -0.1) is 0 Å². The van der Waals surface area contributed by atoms with Crippen LogP contribution in [0.5, 0.6) is 11.5 Å². The Kier molecular flexibility index (Phi) is 4.66. The van der Waals surface area contributed by atoms with Crippen molar-refractivity contribution in [1.82, 2.24) is 0 Å². The maximum absolute atomic E-state index is 11.6. The molecule has 1 aromatic carbocycles. The molecule has 3 rings (SSSR count). The van der Waals surface area contributed by atoms with Crippen LogP contribution in [0, 0.1) is 23.2 Å². The van der Waals surface area contributed by atoms with Crippen molar-refractivity contribution in [3.05, 3.63) is 23.8 Å². The van der Waals surface area contributed by atoms with Crippen molar-refractivity contribution in [2.45, 2.75) is 43.9 Å². The number of amides is 1. The number of hydrogen-bond donors (Lipinski definition) is 1. The van der Waals surface area contributed by atoms with Crippen molar-refractivity contribution in [1.29, 1.82) is 5.26 Å². The van der Waals surface area contributed by atoms with Crippen molar-refractivity contribution in [3.63, 3.8) is 0 Å². The molecular weight excluding hydrogens is 304 g/mol. The molecule has 5 nitrogen and oxygen atoms in total. The molecule has 0 aliphatic heterocycles. The van der Waals surface area contributed by atoms with E-state index in [1.807, 2.05) is 18.2 Å². The second kappa shape index (κ2) is 6.72. The number of primary amides is 1. The summed E-state index contributed by atoms with van der Waals surface area (Å²) in [6, 6.07) is 8.13. The monoisotopic (exact) mass is 328 g/mol. The highest BCUT2D eigenvalue weighted by Crippen LogP contribution is 2.44. The van der Waals surface area contributed by atoms with E-state index in [1.165, 1.54) is 12.8 Å². The molecule has 2 unspecified atom stereocenters. The number of nitriles is 1. The predicted octanol–water partition coefficient (Wildman–Crippen LogP) is 2.92. The Hall–Kier alpha value is -2.22. The molecule has 2 atom stereocenters. The van der Waals surface area contributed by atoms with E-state index in [1.54, 1.807) is 7.11 Å². The Morgan fingerprint density at radius 3 is 2.79 bits per heavy atom. The maximum Gasteiger partial charge on any atom is 0.220 e. The molecule has 128 valence electrons. The lowest BCUT2D eigenvalue weighted by Gasteiger charge is -2.35. The fraction of sp³-hybridized carbons (Fsp3) is 0.579. The number of methoxy groups -OCH3 is 1. The fourth-order valence-electron chi connectivity index (χ4n) is 3.53. The zero-order chi connectivity index (χ0) is 17.2.